The van der Waals surface area contributed by atoms with E-state index in [1.165, 1.54) is 10.8 Å². The molecule has 0 saturated carbocycles. The van der Waals surface area contributed by atoms with Gasteiger partial charge in [0, 0.05) is 6.07 Å². The lowest BCUT2D eigenvalue weighted by molar-refractivity contribution is -0.262. The van der Waals surface area contributed by atoms with Crippen molar-refractivity contribution in [2.75, 3.05) is 0 Å². The van der Waals surface area contributed by atoms with E-state index >= 15 is 0 Å². The third-order valence-corrected chi connectivity index (χ3v) is 5.15. The van der Waals surface area contributed by atoms with Gasteiger partial charge in [-0.3, -0.25) is 4.68 Å². The number of alkyl halides is 3. The van der Waals surface area contributed by atoms with E-state index < -0.39 is 23.6 Å². The molecule has 10 heteroatoms. The van der Waals surface area contributed by atoms with E-state index in [4.69, 9.17) is 10.00 Å². The van der Waals surface area contributed by atoms with Crippen LogP contribution in [0.1, 0.15) is 36.8 Å². The van der Waals surface area contributed by atoms with Crippen LogP contribution in [-0.4, -0.2) is 30.6 Å². The molecule has 1 aliphatic heterocycles. The summed E-state index contributed by atoms with van der Waals surface area (Å²) in [5.41, 5.74) is -0.698. The highest BCUT2D eigenvalue weighted by Crippen LogP contribution is 2.42. The summed E-state index contributed by atoms with van der Waals surface area (Å²) >= 11 is 0. The van der Waals surface area contributed by atoms with Gasteiger partial charge in [-0.25, -0.2) is 4.98 Å². The first-order valence-electron chi connectivity index (χ1n) is 9.18. The SMILES string of the molecule is C[C@H]1Cn2nc(OCc3ccc(C#N)cc3)cc2-c2cnc([C@@](C)(O)C(F)(F)F)n21. The van der Waals surface area contributed by atoms with Gasteiger partial charge in [-0.2, -0.15) is 18.4 Å². The second kappa shape index (κ2) is 6.88. The first kappa shape index (κ1) is 20.0. The Kier molecular flexibility index (Phi) is 4.58. The van der Waals surface area contributed by atoms with Crippen molar-refractivity contribution in [3.05, 3.63) is 53.5 Å². The van der Waals surface area contributed by atoms with Crippen LogP contribution in [0.25, 0.3) is 11.4 Å². The Hall–Kier alpha value is -3.32. The summed E-state index contributed by atoms with van der Waals surface area (Å²) in [6, 6.07) is 10.2. The molecule has 0 unspecified atom stereocenters. The Morgan fingerprint density at radius 2 is 1.97 bits per heavy atom. The third-order valence-electron chi connectivity index (χ3n) is 5.15. The lowest BCUT2D eigenvalue weighted by atomic mass is 10.0. The average Bonchev–Trinajstić information content (AvgIpc) is 3.30. The molecule has 2 aromatic heterocycles. The molecule has 30 heavy (non-hydrogen) atoms. The second-order valence-corrected chi connectivity index (χ2v) is 7.40. The Bertz CT molecular complexity index is 1120. The molecular formula is C20H18F3N5O2. The number of imidazole rings is 1. The number of benzene rings is 1. The Balaban J connectivity index is 1.62. The molecule has 0 amide bonds. The highest BCUT2D eigenvalue weighted by molar-refractivity contribution is 5.58. The number of hydrogen-bond donors (Lipinski definition) is 1. The molecule has 4 rings (SSSR count). The van der Waals surface area contributed by atoms with Crippen molar-refractivity contribution in [1.82, 2.24) is 19.3 Å². The van der Waals surface area contributed by atoms with Gasteiger partial charge < -0.3 is 14.4 Å². The molecular weight excluding hydrogens is 399 g/mol. The molecule has 3 heterocycles. The predicted octanol–water partition coefficient (Wildman–Crippen LogP) is 3.54. The van der Waals surface area contributed by atoms with Crippen LogP contribution in [0.2, 0.25) is 0 Å². The van der Waals surface area contributed by atoms with Gasteiger partial charge in [-0.1, -0.05) is 12.1 Å². The molecule has 1 N–H and O–H groups in total. The van der Waals surface area contributed by atoms with Crippen molar-refractivity contribution in [1.29, 1.82) is 5.26 Å². The molecule has 0 aliphatic carbocycles. The van der Waals surface area contributed by atoms with Gasteiger partial charge in [-0.05, 0) is 31.5 Å². The van der Waals surface area contributed by atoms with Crippen molar-refractivity contribution in [3.63, 3.8) is 0 Å². The number of halogens is 3. The summed E-state index contributed by atoms with van der Waals surface area (Å²) in [4.78, 5) is 3.89. The van der Waals surface area contributed by atoms with Crippen LogP contribution in [-0.2, 0) is 18.8 Å². The van der Waals surface area contributed by atoms with E-state index in [2.05, 4.69) is 10.1 Å². The molecule has 0 saturated heterocycles. The molecule has 0 fully saturated rings. The van der Waals surface area contributed by atoms with Gasteiger partial charge in [0.2, 0.25) is 11.5 Å². The Labute approximate surface area is 170 Å². The second-order valence-electron chi connectivity index (χ2n) is 7.40. The fraction of sp³-hybridized carbons (Fsp3) is 0.350. The number of ether oxygens (including phenoxy) is 1. The molecule has 1 aromatic carbocycles. The van der Waals surface area contributed by atoms with Crippen molar-refractivity contribution >= 4 is 0 Å². The fourth-order valence-corrected chi connectivity index (χ4v) is 3.46. The number of hydrogen-bond acceptors (Lipinski definition) is 5. The summed E-state index contributed by atoms with van der Waals surface area (Å²) in [6.45, 7) is 2.97. The number of nitriles is 1. The smallest absolute Gasteiger partial charge is 0.424 e. The Morgan fingerprint density at radius 1 is 1.27 bits per heavy atom. The maximum Gasteiger partial charge on any atom is 0.424 e. The number of fused-ring (bicyclic) bond motifs is 3. The van der Waals surface area contributed by atoms with Crippen LogP contribution in [0.5, 0.6) is 5.88 Å². The molecule has 0 bridgehead atoms. The molecule has 7 nitrogen and oxygen atoms in total. The minimum atomic E-state index is -4.86. The quantitative estimate of drug-likeness (QED) is 0.702. The average molecular weight is 417 g/mol. The van der Waals surface area contributed by atoms with Gasteiger partial charge in [0.1, 0.15) is 6.61 Å². The summed E-state index contributed by atoms with van der Waals surface area (Å²) in [6.07, 6.45) is -3.55. The van der Waals surface area contributed by atoms with Gasteiger partial charge >= 0.3 is 6.18 Å². The van der Waals surface area contributed by atoms with Crippen LogP contribution in [0.4, 0.5) is 13.2 Å². The van der Waals surface area contributed by atoms with Crippen LogP contribution >= 0.6 is 0 Å². The van der Waals surface area contributed by atoms with E-state index in [0.29, 0.717) is 36.3 Å². The first-order valence-corrected chi connectivity index (χ1v) is 9.18. The summed E-state index contributed by atoms with van der Waals surface area (Å²) < 4.78 is 48.8. The van der Waals surface area contributed by atoms with Crippen molar-refractivity contribution in [3.8, 4) is 23.3 Å². The van der Waals surface area contributed by atoms with Crippen molar-refractivity contribution in [2.24, 2.45) is 0 Å². The lowest BCUT2D eigenvalue weighted by Gasteiger charge is -2.31. The fourth-order valence-electron chi connectivity index (χ4n) is 3.46. The van der Waals surface area contributed by atoms with Crippen LogP contribution < -0.4 is 4.74 Å². The molecule has 3 aromatic rings. The predicted molar refractivity (Wildman–Crippen MR) is 99.3 cm³/mol. The molecule has 156 valence electrons. The minimum absolute atomic E-state index is 0.227. The van der Waals surface area contributed by atoms with Crippen LogP contribution in [0.3, 0.4) is 0 Å². The van der Waals surface area contributed by atoms with Crippen LogP contribution in [0, 0.1) is 11.3 Å². The van der Waals surface area contributed by atoms with Crippen molar-refractivity contribution in [2.45, 2.75) is 44.8 Å². The largest absolute Gasteiger partial charge is 0.472 e. The summed E-state index contributed by atoms with van der Waals surface area (Å²) in [7, 11) is 0. The number of rotatable bonds is 4. The van der Waals surface area contributed by atoms with Gasteiger partial charge in [0.25, 0.3) is 0 Å². The number of nitrogens with zero attached hydrogens (tertiary/aromatic N) is 5. The van der Waals surface area contributed by atoms with Gasteiger partial charge in [-0.15, -0.1) is 5.10 Å². The molecule has 1 aliphatic rings. The minimum Gasteiger partial charge on any atom is -0.472 e. The van der Waals surface area contributed by atoms with Gasteiger partial charge in [0.15, 0.2) is 5.82 Å². The van der Waals surface area contributed by atoms with E-state index in [0.717, 1.165) is 5.56 Å². The maximum absolute atomic E-state index is 13.3. The lowest BCUT2D eigenvalue weighted by Crippen LogP contribution is -2.42. The van der Waals surface area contributed by atoms with Crippen LogP contribution in [0.15, 0.2) is 36.5 Å². The van der Waals surface area contributed by atoms with Gasteiger partial charge in [0.05, 0.1) is 41.8 Å². The van der Waals surface area contributed by atoms with E-state index in [9.17, 15) is 18.3 Å². The highest BCUT2D eigenvalue weighted by Gasteiger charge is 2.55. The maximum atomic E-state index is 13.3. The monoisotopic (exact) mass is 417 g/mol. The summed E-state index contributed by atoms with van der Waals surface area (Å²) in [5, 5.41) is 23.3. The standard InChI is InChI=1S/C20H18F3N5O2/c1-12-10-27-15(16-9-25-18(28(12)16)19(2,29)20(21,22)23)7-17(26-27)30-11-14-5-3-13(8-24)4-6-14/h3-7,9,12,29H,10-11H2,1-2H3/t12-,19+/m0/s1. The summed E-state index contributed by atoms with van der Waals surface area (Å²) in [5.74, 6) is -0.134. The first-order chi connectivity index (χ1) is 14.1. The topological polar surface area (TPSA) is 88.9 Å². The van der Waals surface area contributed by atoms with E-state index in [1.54, 1.807) is 41.9 Å². The number of aliphatic hydroxyl groups is 1. The van der Waals surface area contributed by atoms with Crippen molar-refractivity contribution < 1.29 is 23.0 Å². The molecule has 0 radical (unpaired) electrons. The Morgan fingerprint density at radius 3 is 2.60 bits per heavy atom. The van der Waals surface area contributed by atoms with E-state index in [1.807, 2.05) is 6.07 Å². The molecule has 0 spiro atoms. The third kappa shape index (κ3) is 3.21. The van der Waals surface area contributed by atoms with E-state index in [-0.39, 0.29) is 6.61 Å². The zero-order valence-electron chi connectivity index (χ0n) is 16.2. The molecule has 2 atom stereocenters. The normalized spacial score (nSPS) is 17.6. The zero-order valence-corrected chi connectivity index (χ0v) is 16.2. The highest BCUT2D eigenvalue weighted by atomic mass is 19.4. The number of aromatic nitrogens is 4. The zero-order chi connectivity index (χ0) is 21.7.